The molecular weight excluding hydrogens is 328 g/mol. The Morgan fingerprint density at radius 3 is 2.80 bits per heavy atom. The largest absolute Gasteiger partial charge is 0.383 e. The van der Waals surface area contributed by atoms with Crippen molar-refractivity contribution in [2.75, 3.05) is 5.73 Å². The van der Waals surface area contributed by atoms with Gasteiger partial charge < -0.3 is 11.2 Å². The normalized spacial score (nSPS) is 11.6. The molecule has 0 bridgehead atoms. The molecule has 0 spiro atoms. The number of hydrazine groups is 1. The summed E-state index contributed by atoms with van der Waals surface area (Å²) in [6.07, 6.45) is 4.89. The number of benzene rings is 1. The maximum Gasteiger partial charge on any atom is 0.151 e. The SMILES string of the molecule is NNC(=Nc1cccc(F)c1CF)c1cc(-c2cn[nH]c2)cnc1N. The van der Waals surface area contributed by atoms with Crippen LogP contribution < -0.4 is 17.0 Å². The second-order valence-corrected chi connectivity index (χ2v) is 5.12. The van der Waals surface area contributed by atoms with Gasteiger partial charge in [0.05, 0.1) is 17.4 Å². The summed E-state index contributed by atoms with van der Waals surface area (Å²) in [5.41, 5.74) is 10.2. The fourth-order valence-electron chi connectivity index (χ4n) is 2.31. The predicted octanol–water partition coefficient (Wildman–Crippen LogP) is 2.20. The molecule has 0 aliphatic carbocycles. The summed E-state index contributed by atoms with van der Waals surface area (Å²) in [5.74, 6) is 5.17. The van der Waals surface area contributed by atoms with Crippen molar-refractivity contribution in [3.8, 4) is 11.1 Å². The minimum atomic E-state index is -0.994. The van der Waals surface area contributed by atoms with E-state index >= 15 is 0 Å². The number of nitrogens with two attached hydrogens (primary N) is 2. The fourth-order valence-corrected chi connectivity index (χ4v) is 2.31. The topological polar surface area (TPSA) is 118 Å². The highest BCUT2D eigenvalue weighted by molar-refractivity contribution is 6.04. The molecule has 9 heteroatoms. The number of nitrogen functional groups attached to an aromatic ring is 1. The molecule has 128 valence electrons. The third-order valence-corrected chi connectivity index (χ3v) is 3.60. The minimum absolute atomic E-state index is 0.114. The second kappa shape index (κ2) is 7.05. The quantitative estimate of drug-likeness (QED) is 0.251. The van der Waals surface area contributed by atoms with Crippen molar-refractivity contribution in [1.82, 2.24) is 20.6 Å². The number of pyridine rings is 1. The van der Waals surface area contributed by atoms with Crippen LogP contribution >= 0.6 is 0 Å². The van der Waals surface area contributed by atoms with Crippen LogP contribution in [0.4, 0.5) is 20.3 Å². The number of nitrogens with one attached hydrogen (secondary N) is 2. The minimum Gasteiger partial charge on any atom is -0.383 e. The Labute approximate surface area is 141 Å². The molecule has 0 fully saturated rings. The summed E-state index contributed by atoms with van der Waals surface area (Å²) in [6, 6.07) is 5.79. The lowest BCUT2D eigenvalue weighted by molar-refractivity contribution is 0.465. The number of rotatable bonds is 4. The zero-order chi connectivity index (χ0) is 17.8. The van der Waals surface area contributed by atoms with Gasteiger partial charge in [-0.15, -0.1) is 0 Å². The van der Waals surface area contributed by atoms with Gasteiger partial charge in [-0.3, -0.25) is 5.10 Å². The van der Waals surface area contributed by atoms with E-state index < -0.39 is 12.5 Å². The first-order valence-electron chi connectivity index (χ1n) is 7.27. The molecule has 3 rings (SSSR count). The number of halogens is 2. The molecular formula is C16H15F2N7. The van der Waals surface area contributed by atoms with Gasteiger partial charge in [0.2, 0.25) is 0 Å². The Bertz CT molecular complexity index is 907. The highest BCUT2D eigenvalue weighted by Gasteiger charge is 2.13. The van der Waals surface area contributed by atoms with Gasteiger partial charge in [-0.25, -0.2) is 24.6 Å². The number of aromatic nitrogens is 3. The molecule has 3 aromatic rings. The molecule has 0 unspecified atom stereocenters. The van der Waals surface area contributed by atoms with Crippen molar-refractivity contribution >= 4 is 17.3 Å². The number of aromatic amines is 1. The Morgan fingerprint density at radius 1 is 1.28 bits per heavy atom. The van der Waals surface area contributed by atoms with Crippen LogP contribution in [0.1, 0.15) is 11.1 Å². The summed E-state index contributed by atoms with van der Waals surface area (Å²) in [7, 11) is 0. The van der Waals surface area contributed by atoms with Crippen molar-refractivity contribution in [3.05, 3.63) is 59.8 Å². The first kappa shape index (κ1) is 16.5. The lowest BCUT2D eigenvalue weighted by Gasteiger charge is -2.11. The molecule has 1 aromatic carbocycles. The second-order valence-electron chi connectivity index (χ2n) is 5.12. The van der Waals surface area contributed by atoms with Crippen LogP contribution in [0.3, 0.4) is 0 Å². The Kier molecular flexibility index (Phi) is 4.66. The first-order chi connectivity index (χ1) is 12.1. The van der Waals surface area contributed by atoms with Crippen LogP contribution in [0, 0.1) is 5.82 Å². The van der Waals surface area contributed by atoms with Crippen molar-refractivity contribution in [2.24, 2.45) is 10.8 Å². The lowest BCUT2D eigenvalue weighted by atomic mass is 10.1. The zero-order valence-corrected chi connectivity index (χ0v) is 13.0. The summed E-state index contributed by atoms with van der Waals surface area (Å²) in [5, 5.41) is 6.58. The van der Waals surface area contributed by atoms with Crippen LogP contribution in [0.2, 0.25) is 0 Å². The smallest absolute Gasteiger partial charge is 0.151 e. The van der Waals surface area contributed by atoms with Gasteiger partial charge in [0.25, 0.3) is 0 Å². The lowest BCUT2D eigenvalue weighted by Crippen LogP contribution is -2.31. The van der Waals surface area contributed by atoms with Gasteiger partial charge in [-0.1, -0.05) is 6.07 Å². The van der Waals surface area contributed by atoms with Gasteiger partial charge in [0.1, 0.15) is 18.3 Å². The van der Waals surface area contributed by atoms with Gasteiger partial charge in [-0.05, 0) is 18.2 Å². The monoisotopic (exact) mass is 343 g/mol. The van der Waals surface area contributed by atoms with Gasteiger partial charge in [-0.2, -0.15) is 5.10 Å². The molecule has 6 N–H and O–H groups in total. The number of aliphatic imine (C=N–C) groups is 1. The van der Waals surface area contributed by atoms with Crippen molar-refractivity contribution < 1.29 is 8.78 Å². The molecule has 0 saturated carbocycles. The number of hydrogen-bond donors (Lipinski definition) is 4. The van der Waals surface area contributed by atoms with Crippen molar-refractivity contribution in [3.63, 3.8) is 0 Å². The molecule has 7 nitrogen and oxygen atoms in total. The van der Waals surface area contributed by atoms with Gasteiger partial charge in [0, 0.05) is 29.1 Å². The molecule has 25 heavy (non-hydrogen) atoms. The molecule has 2 heterocycles. The Balaban J connectivity index is 2.10. The third-order valence-electron chi connectivity index (χ3n) is 3.60. The molecule has 0 radical (unpaired) electrons. The van der Waals surface area contributed by atoms with Crippen LogP contribution in [0.25, 0.3) is 11.1 Å². The number of anilines is 1. The summed E-state index contributed by atoms with van der Waals surface area (Å²) >= 11 is 0. The Hall–Kier alpha value is -3.33. The first-order valence-corrected chi connectivity index (χ1v) is 7.27. The highest BCUT2D eigenvalue weighted by Crippen LogP contribution is 2.26. The van der Waals surface area contributed by atoms with E-state index in [1.54, 1.807) is 24.7 Å². The molecule has 0 aliphatic rings. The van der Waals surface area contributed by atoms with Crippen molar-refractivity contribution in [1.29, 1.82) is 0 Å². The predicted molar refractivity (Wildman–Crippen MR) is 91.0 cm³/mol. The molecule has 0 atom stereocenters. The highest BCUT2D eigenvalue weighted by atomic mass is 19.1. The van der Waals surface area contributed by atoms with Crippen LogP contribution in [-0.2, 0) is 6.67 Å². The van der Waals surface area contributed by atoms with E-state index in [0.717, 1.165) is 11.1 Å². The van der Waals surface area contributed by atoms with E-state index in [1.165, 1.54) is 18.2 Å². The van der Waals surface area contributed by atoms with Gasteiger partial charge >= 0.3 is 0 Å². The van der Waals surface area contributed by atoms with E-state index in [0.29, 0.717) is 5.56 Å². The van der Waals surface area contributed by atoms with E-state index in [9.17, 15) is 8.78 Å². The number of alkyl halides is 1. The summed E-state index contributed by atoms with van der Waals surface area (Å²) in [6.45, 7) is -0.994. The standard InChI is InChI=1S/C16H15F2N7/c17-5-12-13(18)2-1-3-14(12)24-16(25-20)11-4-9(6-21-15(11)19)10-7-22-23-8-10/h1-4,6-8H,5,20H2,(H2,19,21)(H,22,23)(H,24,25). The molecule has 0 amide bonds. The number of H-pyrrole nitrogens is 1. The number of amidine groups is 1. The van der Waals surface area contributed by atoms with E-state index in [1.807, 2.05) is 0 Å². The maximum atomic E-state index is 13.7. The molecule has 0 aliphatic heterocycles. The average molecular weight is 343 g/mol. The zero-order valence-electron chi connectivity index (χ0n) is 13.0. The third kappa shape index (κ3) is 3.31. The van der Waals surface area contributed by atoms with Crippen molar-refractivity contribution in [2.45, 2.75) is 6.67 Å². The Morgan fingerprint density at radius 2 is 2.12 bits per heavy atom. The number of hydrogen-bond acceptors (Lipinski definition) is 5. The van der Waals surface area contributed by atoms with Gasteiger partial charge in [0.15, 0.2) is 5.84 Å². The summed E-state index contributed by atoms with van der Waals surface area (Å²) < 4.78 is 26.9. The van der Waals surface area contributed by atoms with E-state index in [-0.39, 0.29) is 22.9 Å². The number of nitrogens with zero attached hydrogens (tertiary/aromatic N) is 3. The molecule has 2 aromatic heterocycles. The van der Waals surface area contributed by atoms with Crippen LogP contribution in [-0.4, -0.2) is 21.0 Å². The maximum absolute atomic E-state index is 13.7. The average Bonchev–Trinajstić information content (AvgIpc) is 3.15. The van der Waals surface area contributed by atoms with Crippen LogP contribution in [0.5, 0.6) is 0 Å². The molecule has 0 saturated heterocycles. The summed E-state index contributed by atoms with van der Waals surface area (Å²) in [4.78, 5) is 8.34. The van der Waals surface area contributed by atoms with E-state index in [2.05, 4.69) is 25.6 Å². The van der Waals surface area contributed by atoms with E-state index in [4.69, 9.17) is 11.6 Å². The fraction of sp³-hybridized carbons (Fsp3) is 0.0625. The van der Waals surface area contributed by atoms with Crippen LogP contribution in [0.15, 0.2) is 47.8 Å².